The van der Waals surface area contributed by atoms with Crippen LogP contribution in [0.3, 0.4) is 0 Å². The van der Waals surface area contributed by atoms with Crippen molar-refractivity contribution in [1.82, 2.24) is 9.30 Å². The number of aliphatic hydroxyl groups excluding tert-OH is 1. The summed E-state index contributed by atoms with van der Waals surface area (Å²) >= 11 is 0. The summed E-state index contributed by atoms with van der Waals surface area (Å²) in [5.41, 5.74) is 2.75. The first-order valence-electron chi connectivity index (χ1n) is 6.67. The molecule has 4 nitrogen and oxygen atoms in total. The third kappa shape index (κ3) is 2.35. The van der Waals surface area contributed by atoms with Gasteiger partial charge in [0.1, 0.15) is 6.07 Å². The molecule has 3 heterocycles. The lowest BCUT2D eigenvalue weighted by molar-refractivity contribution is 0.0668. The fourth-order valence-corrected chi connectivity index (χ4v) is 2.84. The Morgan fingerprint density at radius 2 is 2.32 bits per heavy atom. The lowest BCUT2D eigenvalue weighted by atomic mass is 10.1. The van der Waals surface area contributed by atoms with Gasteiger partial charge in [-0.15, -0.1) is 0 Å². The molecule has 3 rings (SSSR count). The van der Waals surface area contributed by atoms with Crippen LogP contribution in [0, 0.1) is 11.3 Å². The molecule has 0 aliphatic carbocycles. The van der Waals surface area contributed by atoms with E-state index < -0.39 is 0 Å². The van der Waals surface area contributed by atoms with Crippen molar-refractivity contribution in [2.75, 3.05) is 13.1 Å². The summed E-state index contributed by atoms with van der Waals surface area (Å²) in [5, 5.41) is 19.1. The minimum atomic E-state index is -0.226. The summed E-state index contributed by atoms with van der Waals surface area (Å²) in [6, 6.07) is 8.18. The maximum Gasteiger partial charge on any atom is 0.102 e. The van der Waals surface area contributed by atoms with E-state index in [2.05, 4.69) is 11.0 Å². The Balaban J connectivity index is 1.90. The summed E-state index contributed by atoms with van der Waals surface area (Å²) < 4.78 is 1.99. The van der Waals surface area contributed by atoms with Gasteiger partial charge in [-0.3, -0.25) is 4.90 Å². The number of aliphatic hydroxyl groups is 1. The van der Waals surface area contributed by atoms with Crippen LogP contribution in [0.1, 0.15) is 24.0 Å². The van der Waals surface area contributed by atoms with Crippen LogP contribution in [0.25, 0.3) is 5.52 Å². The van der Waals surface area contributed by atoms with Crippen LogP contribution in [0.15, 0.2) is 30.6 Å². The van der Waals surface area contributed by atoms with Crippen molar-refractivity contribution < 1.29 is 5.11 Å². The predicted molar refractivity (Wildman–Crippen MR) is 72.6 cm³/mol. The fourth-order valence-electron chi connectivity index (χ4n) is 2.84. The Morgan fingerprint density at radius 1 is 1.42 bits per heavy atom. The molecule has 0 spiro atoms. The second-order valence-electron chi connectivity index (χ2n) is 5.17. The number of fused-ring (bicyclic) bond motifs is 1. The van der Waals surface area contributed by atoms with Crippen LogP contribution in [-0.4, -0.2) is 33.6 Å². The summed E-state index contributed by atoms with van der Waals surface area (Å²) in [7, 11) is 0. The highest BCUT2D eigenvalue weighted by Gasteiger charge is 2.20. The van der Waals surface area contributed by atoms with E-state index in [0.29, 0.717) is 6.54 Å². The molecule has 2 aromatic heterocycles. The van der Waals surface area contributed by atoms with Gasteiger partial charge in [-0.25, -0.2) is 0 Å². The van der Waals surface area contributed by atoms with Crippen molar-refractivity contribution in [3.05, 3.63) is 41.7 Å². The topological polar surface area (TPSA) is 51.7 Å². The molecule has 1 atom stereocenters. The van der Waals surface area contributed by atoms with Crippen LogP contribution in [-0.2, 0) is 6.54 Å². The van der Waals surface area contributed by atoms with Crippen molar-refractivity contribution >= 4 is 5.52 Å². The smallest absolute Gasteiger partial charge is 0.102 e. The standard InChI is InChI=1S/C15H17N3O/c16-8-14-12(9-17-6-3-4-13(19)11-17)10-18-7-2-1-5-15(14)18/h1-2,5,7,10,13,19H,3-4,6,9,11H2/t13-/m0/s1. The van der Waals surface area contributed by atoms with Gasteiger partial charge >= 0.3 is 0 Å². The Hall–Kier alpha value is -1.83. The van der Waals surface area contributed by atoms with Crippen LogP contribution < -0.4 is 0 Å². The number of likely N-dealkylation sites (tertiary alicyclic amines) is 1. The van der Waals surface area contributed by atoms with E-state index in [1.165, 1.54) is 0 Å². The first-order valence-corrected chi connectivity index (χ1v) is 6.67. The highest BCUT2D eigenvalue weighted by Crippen LogP contribution is 2.21. The molecule has 1 fully saturated rings. The summed E-state index contributed by atoms with van der Waals surface area (Å²) in [6.45, 7) is 2.44. The van der Waals surface area contributed by atoms with Gasteiger partial charge < -0.3 is 9.51 Å². The summed E-state index contributed by atoms with van der Waals surface area (Å²) in [6.07, 6.45) is 5.67. The number of β-amino-alcohol motifs (C(OH)–C–C–N with tert-alkyl or cyclic N) is 1. The van der Waals surface area contributed by atoms with Gasteiger partial charge in [0.05, 0.1) is 17.2 Å². The molecule has 1 N–H and O–H groups in total. The van der Waals surface area contributed by atoms with E-state index in [9.17, 15) is 10.4 Å². The quantitative estimate of drug-likeness (QED) is 0.889. The maximum absolute atomic E-state index is 9.71. The second-order valence-corrected chi connectivity index (χ2v) is 5.17. The highest BCUT2D eigenvalue weighted by molar-refractivity contribution is 5.65. The lowest BCUT2D eigenvalue weighted by Gasteiger charge is -2.29. The van der Waals surface area contributed by atoms with Crippen LogP contribution in [0.2, 0.25) is 0 Å². The lowest BCUT2D eigenvalue weighted by Crippen LogP contribution is -2.37. The Kier molecular flexibility index (Phi) is 3.24. The van der Waals surface area contributed by atoms with E-state index in [1.807, 2.05) is 35.0 Å². The Morgan fingerprint density at radius 3 is 3.11 bits per heavy atom. The van der Waals surface area contributed by atoms with E-state index in [-0.39, 0.29) is 6.10 Å². The third-order valence-electron chi connectivity index (χ3n) is 3.75. The van der Waals surface area contributed by atoms with Gasteiger partial charge in [-0.05, 0) is 31.5 Å². The molecule has 0 bridgehead atoms. The monoisotopic (exact) mass is 255 g/mol. The molecule has 0 saturated carbocycles. The molecular formula is C15H17N3O. The van der Waals surface area contributed by atoms with Crippen molar-refractivity contribution in [1.29, 1.82) is 5.26 Å². The van der Waals surface area contributed by atoms with Gasteiger partial charge in [0.15, 0.2) is 0 Å². The number of hydrogen-bond donors (Lipinski definition) is 1. The zero-order valence-corrected chi connectivity index (χ0v) is 10.8. The Labute approximate surface area is 112 Å². The van der Waals surface area contributed by atoms with Crippen LogP contribution in [0.4, 0.5) is 0 Å². The zero-order valence-electron chi connectivity index (χ0n) is 10.8. The Bertz CT molecular complexity index is 626. The number of nitrogens with zero attached hydrogens (tertiary/aromatic N) is 3. The van der Waals surface area contributed by atoms with Gasteiger partial charge in [0.25, 0.3) is 0 Å². The molecule has 0 radical (unpaired) electrons. The van der Waals surface area contributed by atoms with Gasteiger partial charge in [-0.2, -0.15) is 5.26 Å². The zero-order chi connectivity index (χ0) is 13.2. The minimum absolute atomic E-state index is 0.226. The van der Waals surface area contributed by atoms with E-state index in [4.69, 9.17) is 0 Å². The predicted octanol–water partition coefficient (Wildman–Crippen LogP) is 1.77. The van der Waals surface area contributed by atoms with Gasteiger partial charge in [0, 0.05) is 31.0 Å². The van der Waals surface area contributed by atoms with Crippen LogP contribution in [0.5, 0.6) is 0 Å². The summed E-state index contributed by atoms with van der Waals surface area (Å²) in [4.78, 5) is 2.23. The van der Waals surface area contributed by atoms with Crippen molar-refractivity contribution in [2.45, 2.75) is 25.5 Å². The first-order chi connectivity index (χ1) is 9.28. The second kappa shape index (κ2) is 5.04. The number of rotatable bonds is 2. The van der Waals surface area contributed by atoms with E-state index in [0.717, 1.165) is 42.6 Å². The molecule has 2 aromatic rings. The molecule has 4 heteroatoms. The molecule has 19 heavy (non-hydrogen) atoms. The number of aromatic nitrogens is 1. The normalized spacial score (nSPS) is 20.5. The van der Waals surface area contributed by atoms with E-state index in [1.54, 1.807) is 0 Å². The number of hydrogen-bond acceptors (Lipinski definition) is 3. The fraction of sp³-hybridized carbons (Fsp3) is 0.400. The van der Waals surface area contributed by atoms with E-state index >= 15 is 0 Å². The van der Waals surface area contributed by atoms with Gasteiger partial charge in [0.2, 0.25) is 0 Å². The molecular weight excluding hydrogens is 238 g/mol. The van der Waals surface area contributed by atoms with Crippen molar-refractivity contribution in [2.24, 2.45) is 0 Å². The van der Waals surface area contributed by atoms with Crippen LogP contribution >= 0.6 is 0 Å². The SMILES string of the molecule is N#Cc1c(CN2CCC[C@H](O)C2)cn2ccccc12. The largest absolute Gasteiger partial charge is 0.392 e. The third-order valence-corrected chi connectivity index (χ3v) is 3.75. The molecule has 1 aliphatic rings. The average Bonchev–Trinajstić information content (AvgIpc) is 2.75. The summed E-state index contributed by atoms with van der Waals surface area (Å²) in [5.74, 6) is 0. The minimum Gasteiger partial charge on any atom is -0.392 e. The number of piperidine rings is 1. The first kappa shape index (κ1) is 12.2. The molecule has 1 aliphatic heterocycles. The number of pyridine rings is 1. The molecule has 0 amide bonds. The highest BCUT2D eigenvalue weighted by atomic mass is 16.3. The maximum atomic E-state index is 9.71. The van der Waals surface area contributed by atoms with Gasteiger partial charge in [-0.1, -0.05) is 6.07 Å². The van der Waals surface area contributed by atoms with Crippen molar-refractivity contribution in [3.63, 3.8) is 0 Å². The average molecular weight is 255 g/mol. The molecule has 0 unspecified atom stereocenters. The molecule has 1 saturated heterocycles. The van der Waals surface area contributed by atoms with Crippen molar-refractivity contribution in [3.8, 4) is 6.07 Å². The number of nitriles is 1. The molecule has 98 valence electrons. The molecule has 0 aromatic carbocycles.